The first-order valence-electron chi connectivity index (χ1n) is 5.04. The molecule has 1 saturated carbocycles. The molecule has 2 rings (SSSR count). The highest BCUT2D eigenvalue weighted by Crippen LogP contribution is 2.46. The number of aromatic nitrogens is 2. The molecular weight excluding hydrogens is 212 g/mol. The lowest BCUT2D eigenvalue weighted by Crippen LogP contribution is -2.17. The summed E-state index contributed by atoms with van der Waals surface area (Å²) >= 11 is 1.91. The van der Waals surface area contributed by atoms with E-state index in [4.69, 9.17) is 4.42 Å². The molecule has 0 spiro atoms. The Kier molecular flexibility index (Phi) is 3.16. The predicted octanol–water partition coefficient (Wildman–Crippen LogP) is 1.10. The van der Waals surface area contributed by atoms with E-state index in [1.54, 1.807) is 0 Å². The summed E-state index contributed by atoms with van der Waals surface area (Å²) in [4.78, 5) is 0. The highest BCUT2D eigenvalue weighted by Gasteiger charge is 2.41. The van der Waals surface area contributed by atoms with Gasteiger partial charge in [-0.2, -0.15) is 11.8 Å². The van der Waals surface area contributed by atoms with Crippen LogP contribution in [0.1, 0.15) is 18.7 Å². The van der Waals surface area contributed by atoms with Crippen LogP contribution in [0, 0.1) is 0 Å². The van der Waals surface area contributed by atoms with Crippen LogP contribution in [0.4, 0.5) is 6.01 Å². The van der Waals surface area contributed by atoms with Crippen LogP contribution >= 0.6 is 11.8 Å². The van der Waals surface area contributed by atoms with Crippen LogP contribution in [0.2, 0.25) is 0 Å². The van der Waals surface area contributed by atoms with Crippen molar-refractivity contribution >= 4 is 17.8 Å². The summed E-state index contributed by atoms with van der Waals surface area (Å²) in [5, 5.41) is 14.0. The van der Waals surface area contributed by atoms with Gasteiger partial charge in [0, 0.05) is 11.3 Å². The van der Waals surface area contributed by atoms with Gasteiger partial charge in [-0.15, -0.1) is 5.10 Å². The van der Waals surface area contributed by atoms with Crippen molar-refractivity contribution in [2.75, 3.05) is 25.2 Å². The molecule has 1 aliphatic rings. The van der Waals surface area contributed by atoms with E-state index in [1.807, 2.05) is 18.8 Å². The van der Waals surface area contributed by atoms with E-state index in [2.05, 4.69) is 27.1 Å². The maximum absolute atomic E-state index is 5.39. The summed E-state index contributed by atoms with van der Waals surface area (Å²) in [7, 11) is 1.85. The van der Waals surface area contributed by atoms with E-state index < -0.39 is 0 Å². The molecule has 0 unspecified atom stereocenters. The van der Waals surface area contributed by atoms with Crippen LogP contribution in [-0.2, 0) is 6.54 Å². The van der Waals surface area contributed by atoms with Crippen molar-refractivity contribution in [1.82, 2.24) is 15.5 Å². The molecule has 84 valence electrons. The van der Waals surface area contributed by atoms with Gasteiger partial charge in [-0.3, -0.25) is 0 Å². The molecule has 0 radical (unpaired) electrons. The smallest absolute Gasteiger partial charge is 0.315 e. The predicted molar refractivity (Wildman–Crippen MR) is 61.0 cm³/mol. The number of hydrogen-bond acceptors (Lipinski definition) is 6. The van der Waals surface area contributed by atoms with Gasteiger partial charge in [0.2, 0.25) is 5.89 Å². The molecule has 0 amide bonds. The molecule has 0 atom stereocenters. The van der Waals surface area contributed by atoms with E-state index in [0.29, 0.717) is 23.2 Å². The quantitative estimate of drug-likeness (QED) is 0.760. The number of thioether (sulfide) groups is 1. The molecular formula is C9H16N4OS. The minimum atomic E-state index is 0.414. The molecule has 6 heteroatoms. The Balaban J connectivity index is 1.83. The van der Waals surface area contributed by atoms with Crippen molar-refractivity contribution in [3.8, 4) is 0 Å². The van der Waals surface area contributed by atoms with Crippen LogP contribution < -0.4 is 10.6 Å². The zero-order valence-corrected chi connectivity index (χ0v) is 9.86. The van der Waals surface area contributed by atoms with Crippen molar-refractivity contribution in [3.05, 3.63) is 5.89 Å². The third kappa shape index (κ3) is 2.63. The highest BCUT2D eigenvalue weighted by molar-refractivity contribution is 8.00. The fourth-order valence-corrected chi connectivity index (χ4v) is 2.10. The number of rotatable bonds is 6. The summed E-state index contributed by atoms with van der Waals surface area (Å²) in [6.07, 6.45) is 4.70. The molecule has 5 nitrogen and oxygen atoms in total. The molecule has 1 aromatic heterocycles. The van der Waals surface area contributed by atoms with E-state index in [1.165, 1.54) is 12.8 Å². The fourth-order valence-electron chi connectivity index (χ4n) is 1.38. The second-order valence-electron chi connectivity index (χ2n) is 3.77. The van der Waals surface area contributed by atoms with Crippen LogP contribution in [0.3, 0.4) is 0 Å². The molecule has 0 aromatic carbocycles. The Labute approximate surface area is 93.4 Å². The third-order valence-corrected chi connectivity index (χ3v) is 4.02. The molecule has 15 heavy (non-hydrogen) atoms. The zero-order valence-electron chi connectivity index (χ0n) is 9.04. The number of nitrogens with one attached hydrogen (secondary N) is 2. The lowest BCUT2D eigenvalue weighted by atomic mass is 10.4. The normalized spacial score (nSPS) is 17.7. The lowest BCUT2D eigenvalue weighted by molar-refractivity contribution is 0.489. The van der Waals surface area contributed by atoms with E-state index in [0.717, 1.165) is 6.54 Å². The van der Waals surface area contributed by atoms with Gasteiger partial charge in [-0.1, -0.05) is 5.10 Å². The van der Waals surface area contributed by atoms with Crippen LogP contribution in [0.25, 0.3) is 0 Å². The Morgan fingerprint density at radius 2 is 2.27 bits per heavy atom. The van der Waals surface area contributed by atoms with Crippen molar-refractivity contribution in [3.63, 3.8) is 0 Å². The van der Waals surface area contributed by atoms with Gasteiger partial charge in [0.15, 0.2) is 0 Å². The van der Waals surface area contributed by atoms with Crippen molar-refractivity contribution in [1.29, 1.82) is 0 Å². The highest BCUT2D eigenvalue weighted by atomic mass is 32.2. The van der Waals surface area contributed by atoms with Crippen molar-refractivity contribution in [2.45, 2.75) is 24.1 Å². The van der Waals surface area contributed by atoms with Gasteiger partial charge in [0.1, 0.15) is 0 Å². The summed E-state index contributed by atoms with van der Waals surface area (Å²) < 4.78 is 5.80. The first-order chi connectivity index (χ1) is 7.28. The molecule has 1 aromatic rings. The summed E-state index contributed by atoms with van der Waals surface area (Å²) in [6, 6.07) is 0.528. The molecule has 1 aliphatic carbocycles. The topological polar surface area (TPSA) is 63.0 Å². The number of anilines is 1. The Morgan fingerprint density at radius 3 is 2.87 bits per heavy atom. The fraction of sp³-hybridized carbons (Fsp3) is 0.778. The largest absolute Gasteiger partial charge is 0.407 e. The SMILES string of the molecule is CNCc1nnc(NCC2(SC)CC2)o1. The van der Waals surface area contributed by atoms with Crippen molar-refractivity contribution < 1.29 is 4.42 Å². The van der Waals surface area contributed by atoms with Crippen LogP contribution in [0.5, 0.6) is 0 Å². The molecule has 0 saturated heterocycles. The monoisotopic (exact) mass is 228 g/mol. The molecule has 0 aliphatic heterocycles. The van der Waals surface area contributed by atoms with Gasteiger partial charge >= 0.3 is 6.01 Å². The van der Waals surface area contributed by atoms with Gasteiger partial charge < -0.3 is 15.1 Å². The first kappa shape index (κ1) is 10.8. The van der Waals surface area contributed by atoms with Gasteiger partial charge in [-0.25, -0.2) is 0 Å². The van der Waals surface area contributed by atoms with Gasteiger partial charge in [-0.05, 0) is 26.1 Å². The van der Waals surface area contributed by atoms with E-state index >= 15 is 0 Å². The molecule has 1 fully saturated rings. The summed E-state index contributed by atoms with van der Waals surface area (Å²) in [6.45, 7) is 1.53. The summed E-state index contributed by atoms with van der Waals surface area (Å²) in [5.74, 6) is 0.619. The lowest BCUT2D eigenvalue weighted by Gasteiger charge is -2.10. The van der Waals surface area contributed by atoms with Gasteiger partial charge in [0.25, 0.3) is 0 Å². The standard InChI is InChI=1S/C9H16N4OS/c1-10-5-7-12-13-8(14-7)11-6-9(15-2)3-4-9/h10H,3-6H2,1-2H3,(H,11,13). The molecule has 0 bridgehead atoms. The van der Waals surface area contributed by atoms with Crippen LogP contribution in [0.15, 0.2) is 4.42 Å². The van der Waals surface area contributed by atoms with Crippen LogP contribution in [-0.4, -0.2) is 34.8 Å². The zero-order chi connectivity index (χ0) is 10.7. The first-order valence-corrected chi connectivity index (χ1v) is 6.26. The van der Waals surface area contributed by atoms with Gasteiger partial charge in [0.05, 0.1) is 6.54 Å². The average Bonchev–Trinajstić information content (AvgIpc) is 2.91. The van der Waals surface area contributed by atoms with E-state index in [-0.39, 0.29) is 0 Å². The second kappa shape index (κ2) is 4.40. The summed E-state index contributed by atoms with van der Waals surface area (Å²) in [5.41, 5.74) is 0. The Bertz CT molecular complexity index is 324. The third-order valence-electron chi connectivity index (χ3n) is 2.60. The Hall–Kier alpha value is -0.750. The minimum absolute atomic E-state index is 0.414. The number of nitrogens with zero attached hydrogens (tertiary/aromatic N) is 2. The Morgan fingerprint density at radius 1 is 1.47 bits per heavy atom. The number of hydrogen-bond donors (Lipinski definition) is 2. The maximum Gasteiger partial charge on any atom is 0.315 e. The average molecular weight is 228 g/mol. The second-order valence-corrected chi connectivity index (χ2v) is 5.05. The maximum atomic E-state index is 5.39. The minimum Gasteiger partial charge on any atom is -0.407 e. The van der Waals surface area contributed by atoms with Crippen molar-refractivity contribution in [2.24, 2.45) is 0 Å². The molecule has 2 N–H and O–H groups in total. The van der Waals surface area contributed by atoms with E-state index in [9.17, 15) is 0 Å². The molecule has 1 heterocycles.